The van der Waals surface area contributed by atoms with Gasteiger partial charge in [-0.1, -0.05) is 25.3 Å². The van der Waals surface area contributed by atoms with Crippen molar-refractivity contribution in [2.75, 3.05) is 13.2 Å². The highest BCUT2D eigenvalue weighted by atomic mass is 35.5. The molecule has 5 atom stereocenters. The summed E-state index contributed by atoms with van der Waals surface area (Å²) in [5.74, 6) is -0.410. The molecule has 4 aliphatic rings. The average molecular weight is 505 g/mol. The van der Waals surface area contributed by atoms with E-state index in [9.17, 15) is 14.4 Å². The molecule has 1 saturated carbocycles. The number of alkyl halides is 1. The van der Waals surface area contributed by atoms with Gasteiger partial charge in [0.1, 0.15) is 24.8 Å². The highest BCUT2D eigenvalue weighted by Gasteiger charge is 2.53. The molecule has 0 aromatic carbocycles. The zero-order valence-corrected chi connectivity index (χ0v) is 20.7. The molecule has 1 aliphatic carbocycles. The third-order valence-corrected chi connectivity index (χ3v) is 9.06. The number of nitrogens with one attached hydrogen (secondary N) is 1. The molecule has 34 heavy (non-hydrogen) atoms. The van der Waals surface area contributed by atoms with E-state index in [1.807, 2.05) is 19.1 Å². The van der Waals surface area contributed by atoms with Gasteiger partial charge in [-0.05, 0) is 38.2 Å². The summed E-state index contributed by atoms with van der Waals surface area (Å²) in [5, 5.41) is 10.4. The van der Waals surface area contributed by atoms with Crippen molar-refractivity contribution in [3.8, 4) is 0 Å². The molecule has 8 nitrogen and oxygen atoms in total. The first-order valence-corrected chi connectivity index (χ1v) is 13.3. The predicted molar refractivity (Wildman–Crippen MR) is 129 cm³/mol. The first-order valence-electron chi connectivity index (χ1n) is 12.0. The Morgan fingerprint density at radius 1 is 1.29 bits per heavy atom. The number of carbonyl (C=O) groups is 3. The smallest absolute Gasteiger partial charge is 0.246 e. The van der Waals surface area contributed by atoms with E-state index in [1.54, 1.807) is 11.1 Å². The fraction of sp³-hybridized carbons (Fsp3) is 0.625. The summed E-state index contributed by atoms with van der Waals surface area (Å²) in [7, 11) is 0. The molecule has 0 spiro atoms. The van der Waals surface area contributed by atoms with Crippen molar-refractivity contribution in [1.82, 2.24) is 20.4 Å². The molecule has 0 bridgehead atoms. The van der Waals surface area contributed by atoms with Gasteiger partial charge in [0, 0.05) is 17.0 Å². The van der Waals surface area contributed by atoms with Crippen LogP contribution in [-0.4, -0.2) is 74.7 Å². The summed E-state index contributed by atoms with van der Waals surface area (Å²) in [5.41, 5.74) is 1.80. The van der Waals surface area contributed by atoms with Gasteiger partial charge in [0.2, 0.25) is 11.8 Å². The van der Waals surface area contributed by atoms with E-state index in [-0.39, 0.29) is 41.9 Å². The molecule has 1 unspecified atom stereocenters. The topological polar surface area (TPSA) is 101 Å². The lowest BCUT2D eigenvalue weighted by Crippen LogP contribution is -2.56. The quantitative estimate of drug-likeness (QED) is 0.614. The lowest BCUT2D eigenvalue weighted by atomic mass is 9.83. The second-order valence-electron chi connectivity index (χ2n) is 9.52. The van der Waals surface area contributed by atoms with E-state index in [0.717, 1.165) is 48.3 Å². The number of likely N-dealkylation sites (tertiary alicyclic amines) is 1. The zero-order chi connectivity index (χ0) is 23.8. The van der Waals surface area contributed by atoms with E-state index < -0.39 is 23.6 Å². The van der Waals surface area contributed by atoms with Gasteiger partial charge in [-0.2, -0.15) is 10.2 Å². The molecule has 2 amide bonds. The third-order valence-electron chi connectivity index (χ3n) is 7.34. The molecule has 2 saturated heterocycles. The number of amides is 2. The van der Waals surface area contributed by atoms with Gasteiger partial charge < -0.3 is 15.0 Å². The molecule has 4 heterocycles. The van der Waals surface area contributed by atoms with Gasteiger partial charge >= 0.3 is 0 Å². The maximum absolute atomic E-state index is 13.8. The lowest BCUT2D eigenvalue weighted by Gasteiger charge is -2.34. The Bertz CT molecular complexity index is 1010. The number of hydrogen-bond donors (Lipinski definition) is 1. The molecule has 1 aromatic heterocycles. The van der Waals surface area contributed by atoms with Crippen molar-refractivity contribution >= 4 is 45.9 Å². The Morgan fingerprint density at radius 2 is 2.09 bits per heavy atom. The van der Waals surface area contributed by atoms with E-state index >= 15 is 0 Å². The Hall–Kier alpha value is -1.97. The van der Waals surface area contributed by atoms with Crippen LogP contribution in [0.3, 0.4) is 0 Å². The summed E-state index contributed by atoms with van der Waals surface area (Å²) in [6, 6.07) is 0.607. The number of aromatic nitrogens is 2. The van der Waals surface area contributed by atoms with Crippen LogP contribution in [0.15, 0.2) is 18.3 Å². The highest BCUT2D eigenvalue weighted by molar-refractivity contribution is 8.09. The second-order valence-corrected chi connectivity index (χ2v) is 11.3. The van der Waals surface area contributed by atoms with Crippen molar-refractivity contribution in [2.45, 2.75) is 74.3 Å². The lowest BCUT2D eigenvalue weighted by molar-refractivity contribution is -0.141. The van der Waals surface area contributed by atoms with Gasteiger partial charge in [-0.3, -0.25) is 14.4 Å². The third kappa shape index (κ3) is 4.50. The van der Waals surface area contributed by atoms with Crippen LogP contribution >= 0.6 is 23.4 Å². The van der Waals surface area contributed by atoms with Crippen LogP contribution in [0.2, 0.25) is 0 Å². The van der Waals surface area contributed by atoms with Crippen LogP contribution in [0.4, 0.5) is 0 Å². The molecule has 3 aliphatic heterocycles. The number of carbonyl (C=O) groups excluding carboxylic acids is 3. The van der Waals surface area contributed by atoms with Crippen LogP contribution in [0.25, 0.3) is 4.91 Å². The Morgan fingerprint density at radius 3 is 2.85 bits per heavy atom. The predicted octanol–water partition coefficient (Wildman–Crippen LogP) is 2.48. The number of Topliss-reactive ketones (excluding diaryl/α,β-unsaturated/α-hetero) is 1. The fourth-order valence-electron chi connectivity index (χ4n) is 5.56. The fourth-order valence-corrected chi connectivity index (χ4v) is 7.13. The minimum Gasteiger partial charge on any atom is -0.366 e. The summed E-state index contributed by atoms with van der Waals surface area (Å²) in [6.07, 6.45) is 8.81. The molecule has 10 heteroatoms. The normalized spacial score (nSPS) is 30.2. The Kier molecular flexibility index (Phi) is 6.95. The minimum atomic E-state index is -0.655. The van der Waals surface area contributed by atoms with E-state index in [4.69, 9.17) is 16.3 Å². The highest BCUT2D eigenvalue weighted by Crippen LogP contribution is 2.40. The van der Waals surface area contributed by atoms with Crippen LogP contribution in [-0.2, 0) is 19.1 Å². The number of fused-ring (bicyclic) bond motifs is 1. The minimum absolute atomic E-state index is 0.0147. The SMILES string of the molecule is Cc1nnccc1C1=CCC(C(=O)N[C@H](C(=O)N2C[C@H](Cl)[C@H]3OCC(=O)[C@H]32)C2CCCCC2)S1. The largest absolute Gasteiger partial charge is 0.366 e. The summed E-state index contributed by atoms with van der Waals surface area (Å²) in [6.45, 7) is 2.15. The summed E-state index contributed by atoms with van der Waals surface area (Å²) in [4.78, 5) is 42.2. The number of ether oxygens (including phenoxy) is 1. The zero-order valence-electron chi connectivity index (χ0n) is 19.1. The molecule has 1 aromatic rings. The molecule has 182 valence electrons. The summed E-state index contributed by atoms with van der Waals surface area (Å²) < 4.78 is 5.55. The number of rotatable bonds is 5. The van der Waals surface area contributed by atoms with Gasteiger partial charge in [-0.25, -0.2) is 0 Å². The summed E-state index contributed by atoms with van der Waals surface area (Å²) >= 11 is 7.92. The average Bonchev–Trinajstić information content (AvgIpc) is 3.56. The number of allylic oxidation sites excluding steroid dienone is 1. The number of nitrogens with zero attached hydrogens (tertiary/aromatic N) is 3. The standard InChI is InChI=1S/C24H29ClN4O4S/c1-13-15(9-10-26-28-13)18-7-8-19(34-18)23(31)27-20(14-5-3-2-4-6-14)24(32)29-11-16(25)22-21(29)17(30)12-33-22/h7,9-10,14,16,19-22H,2-6,8,11-12H2,1H3,(H,27,31)/t16-,19?,20-,21+,22+/m0/s1. The van der Waals surface area contributed by atoms with Crippen molar-refractivity contribution < 1.29 is 19.1 Å². The first-order chi connectivity index (χ1) is 16.4. The van der Waals surface area contributed by atoms with E-state index in [1.165, 1.54) is 11.8 Å². The molecular weight excluding hydrogens is 476 g/mol. The van der Waals surface area contributed by atoms with Crippen molar-refractivity contribution in [2.24, 2.45) is 5.92 Å². The molecule has 1 N–H and O–H groups in total. The van der Waals surface area contributed by atoms with Crippen LogP contribution in [0, 0.1) is 12.8 Å². The molecular formula is C24H29ClN4O4S. The van der Waals surface area contributed by atoms with E-state index in [2.05, 4.69) is 15.5 Å². The van der Waals surface area contributed by atoms with Gasteiger partial charge in [0.25, 0.3) is 0 Å². The Balaban J connectivity index is 1.31. The number of halogens is 1. The van der Waals surface area contributed by atoms with Crippen molar-refractivity contribution in [1.29, 1.82) is 0 Å². The molecule has 0 radical (unpaired) electrons. The van der Waals surface area contributed by atoms with Gasteiger partial charge in [0.05, 0.1) is 22.5 Å². The van der Waals surface area contributed by atoms with Crippen LogP contribution in [0.5, 0.6) is 0 Å². The van der Waals surface area contributed by atoms with Crippen molar-refractivity contribution in [3.05, 3.63) is 29.6 Å². The van der Waals surface area contributed by atoms with Gasteiger partial charge in [0.15, 0.2) is 5.78 Å². The number of aryl methyl sites for hydroxylation is 1. The molecule has 3 fully saturated rings. The number of thioether (sulfide) groups is 1. The van der Waals surface area contributed by atoms with Gasteiger partial charge in [-0.15, -0.1) is 23.4 Å². The number of ketones is 1. The van der Waals surface area contributed by atoms with Crippen molar-refractivity contribution in [3.63, 3.8) is 0 Å². The monoisotopic (exact) mass is 504 g/mol. The maximum atomic E-state index is 13.8. The first kappa shape index (κ1) is 23.8. The number of hydrogen-bond acceptors (Lipinski definition) is 7. The second kappa shape index (κ2) is 9.95. The van der Waals surface area contributed by atoms with Crippen LogP contribution < -0.4 is 5.32 Å². The maximum Gasteiger partial charge on any atom is 0.246 e. The molecule has 5 rings (SSSR count). The van der Waals surface area contributed by atoms with Crippen LogP contribution in [0.1, 0.15) is 49.8 Å². The Labute approximate surface area is 208 Å². The van der Waals surface area contributed by atoms with E-state index in [0.29, 0.717) is 6.42 Å².